The minimum Gasteiger partial charge on any atom is -0.377 e. The van der Waals surface area contributed by atoms with Gasteiger partial charge in [-0.15, -0.1) is 0 Å². The SMILES string of the molecule is CO[Si](CCCOC1OC1C)(OC)OC. The van der Waals surface area contributed by atoms with Crippen molar-refractivity contribution in [3.63, 3.8) is 0 Å². The van der Waals surface area contributed by atoms with E-state index in [-0.39, 0.29) is 12.4 Å². The third-order valence-electron chi connectivity index (χ3n) is 2.50. The summed E-state index contributed by atoms with van der Waals surface area (Å²) in [4.78, 5) is 0. The molecule has 2 atom stereocenters. The van der Waals surface area contributed by atoms with Gasteiger partial charge in [0, 0.05) is 34.0 Å². The van der Waals surface area contributed by atoms with E-state index in [9.17, 15) is 0 Å². The Labute approximate surface area is 92.0 Å². The molecule has 0 N–H and O–H groups in total. The van der Waals surface area contributed by atoms with Gasteiger partial charge >= 0.3 is 8.80 Å². The molecule has 0 amide bonds. The lowest BCUT2D eigenvalue weighted by atomic mass is 10.5. The van der Waals surface area contributed by atoms with Gasteiger partial charge < -0.3 is 22.8 Å². The highest BCUT2D eigenvalue weighted by Crippen LogP contribution is 2.23. The Morgan fingerprint density at radius 1 is 1.13 bits per heavy atom. The maximum Gasteiger partial charge on any atom is 0.500 e. The first-order valence-corrected chi connectivity index (χ1v) is 7.03. The van der Waals surface area contributed by atoms with Crippen molar-refractivity contribution < 1.29 is 22.8 Å². The molecule has 0 aromatic heterocycles. The van der Waals surface area contributed by atoms with Gasteiger partial charge in [0.1, 0.15) is 6.10 Å². The van der Waals surface area contributed by atoms with Crippen LogP contribution in [0.4, 0.5) is 0 Å². The van der Waals surface area contributed by atoms with Gasteiger partial charge in [0.15, 0.2) is 6.29 Å². The van der Waals surface area contributed by atoms with Crippen molar-refractivity contribution in [2.75, 3.05) is 27.9 Å². The van der Waals surface area contributed by atoms with Gasteiger partial charge in [-0.25, -0.2) is 0 Å². The summed E-state index contributed by atoms with van der Waals surface area (Å²) in [7, 11) is 2.44. The van der Waals surface area contributed by atoms with Gasteiger partial charge in [-0.2, -0.15) is 0 Å². The highest BCUT2D eigenvalue weighted by atomic mass is 28.4. The summed E-state index contributed by atoms with van der Waals surface area (Å²) >= 11 is 0. The Kier molecular flexibility index (Phi) is 5.17. The van der Waals surface area contributed by atoms with Crippen molar-refractivity contribution in [1.29, 1.82) is 0 Å². The van der Waals surface area contributed by atoms with Crippen LogP contribution in [0.5, 0.6) is 0 Å². The molecule has 1 saturated heterocycles. The Bertz CT molecular complexity index is 177. The van der Waals surface area contributed by atoms with Gasteiger partial charge in [-0.3, -0.25) is 0 Å². The topological polar surface area (TPSA) is 49.5 Å². The standard InChI is InChI=1S/C9H20O5Si/c1-8-9(14-8)13-6-5-7-15(10-2,11-3)12-4/h8-9H,5-7H2,1-4H3. The summed E-state index contributed by atoms with van der Waals surface area (Å²) in [5.74, 6) is 0. The second-order valence-electron chi connectivity index (χ2n) is 3.48. The highest BCUT2D eigenvalue weighted by Gasteiger charge is 2.38. The molecule has 1 aliphatic rings. The van der Waals surface area contributed by atoms with Crippen LogP contribution < -0.4 is 0 Å². The molecule has 1 aliphatic heterocycles. The molecule has 1 rings (SSSR count). The predicted molar refractivity (Wildman–Crippen MR) is 56.5 cm³/mol. The normalized spacial score (nSPS) is 25.6. The maximum absolute atomic E-state index is 5.43. The zero-order valence-electron chi connectivity index (χ0n) is 9.82. The first-order chi connectivity index (χ1) is 7.17. The fourth-order valence-electron chi connectivity index (χ4n) is 1.39. The Balaban J connectivity index is 2.10. The van der Waals surface area contributed by atoms with E-state index in [2.05, 4.69) is 0 Å². The van der Waals surface area contributed by atoms with Gasteiger partial charge in [0.2, 0.25) is 0 Å². The fraction of sp³-hybridized carbons (Fsp3) is 1.00. The van der Waals surface area contributed by atoms with E-state index in [1.807, 2.05) is 6.92 Å². The number of rotatable bonds is 8. The molecule has 1 heterocycles. The maximum atomic E-state index is 5.43. The lowest BCUT2D eigenvalue weighted by Crippen LogP contribution is -2.42. The van der Waals surface area contributed by atoms with Crippen LogP contribution in [0.2, 0.25) is 6.04 Å². The van der Waals surface area contributed by atoms with Crippen LogP contribution in [0, 0.1) is 0 Å². The molecule has 0 saturated carbocycles. The van der Waals surface area contributed by atoms with Crippen LogP contribution in [-0.4, -0.2) is 49.1 Å². The molecular weight excluding hydrogens is 216 g/mol. The summed E-state index contributed by atoms with van der Waals surface area (Å²) in [5.41, 5.74) is 0. The lowest BCUT2D eigenvalue weighted by molar-refractivity contribution is 0.0468. The van der Waals surface area contributed by atoms with Crippen LogP contribution in [0.3, 0.4) is 0 Å². The Morgan fingerprint density at radius 3 is 2.07 bits per heavy atom. The van der Waals surface area contributed by atoms with Crippen LogP contribution in [0.15, 0.2) is 0 Å². The summed E-state index contributed by atoms with van der Waals surface area (Å²) in [6.45, 7) is 2.64. The molecule has 0 spiro atoms. The molecule has 5 nitrogen and oxygen atoms in total. The van der Waals surface area contributed by atoms with Crippen LogP contribution in [0.25, 0.3) is 0 Å². The first kappa shape index (κ1) is 13.1. The average molecular weight is 236 g/mol. The van der Waals surface area contributed by atoms with E-state index in [4.69, 9.17) is 22.8 Å². The zero-order chi connectivity index (χ0) is 11.3. The van der Waals surface area contributed by atoms with Gasteiger partial charge in [0.25, 0.3) is 0 Å². The summed E-state index contributed by atoms with van der Waals surface area (Å²) in [5, 5.41) is 0. The van der Waals surface area contributed by atoms with E-state index in [1.165, 1.54) is 0 Å². The third kappa shape index (κ3) is 3.82. The monoisotopic (exact) mass is 236 g/mol. The van der Waals surface area contributed by atoms with Crippen LogP contribution in [-0.2, 0) is 22.8 Å². The second-order valence-corrected chi connectivity index (χ2v) is 6.57. The Morgan fingerprint density at radius 2 is 1.67 bits per heavy atom. The molecule has 0 bridgehead atoms. The van der Waals surface area contributed by atoms with Crippen molar-refractivity contribution in [3.05, 3.63) is 0 Å². The fourth-order valence-corrected chi connectivity index (χ4v) is 3.08. The molecule has 1 fully saturated rings. The quantitative estimate of drug-likeness (QED) is 0.358. The minimum atomic E-state index is -2.41. The van der Waals surface area contributed by atoms with Crippen LogP contribution >= 0.6 is 0 Å². The number of ether oxygens (including phenoxy) is 2. The average Bonchev–Trinajstić information content (AvgIpc) is 2.96. The smallest absolute Gasteiger partial charge is 0.377 e. The third-order valence-corrected chi connectivity index (χ3v) is 5.33. The van der Waals surface area contributed by atoms with Crippen molar-refractivity contribution in [2.45, 2.75) is 31.8 Å². The summed E-state index contributed by atoms with van der Waals surface area (Å²) < 4.78 is 26.4. The van der Waals surface area contributed by atoms with Crippen molar-refractivity contribution >= 4 is 8.80 Å². The molecule has 0 radical (unpaired) electrons. The lowest BCUT2D eigenvalue weighted by Gasteiger charge is -2.24. The minimum absolute atomic E-state index is 0.00583. The first-order valence-electron chi connectivity index (χ1n) is 5.10. The largest absolute Gasteiger partial charge is 0.500 e. The molecule has 6 heteroatoms. The Hall–Kier alpha value is 0.0169. The van der Waals surface area contributed by atoms with E-state index in [0.717, 1.165) is 12.5 Å². The highest BCUT2D eigenvalue weighted by molar-refractivity contribution is 6.60. The molecule has 2 unspecified atom stereocenters. The molecular formula is C9H20O5Si. The van der Waals surface area contributed by atoms with Gasteiger partial charge in [-0.1, -0.05) is 0 Å². The van der Waals surface area contributed by atoms with Gasteiger partial charge in [0.05, 0.1) is 0 Å². The van der Waals surface area contributed by atoms with Gasteiger partial charge in [-0.05, 0) is 13.3 Å². The van der Waals surface area contributed by atoms with E-state index in [1.54, 1.807) is 21.3 Å². The molecule has 0 aliphatic carbocycles. The number of epoxide rings is 1. The molecule has 0 aromatic rings. The molecule has 15 heavy (non-hydrogen) atoms. The summed E-state index contributed by atoms with van der Waals surface area (Å²) in [6.07, 6.45) is 1.10. The molecule has 90 valence electrons. The second kappa shape index (κ2) is 5.93. The predicted octanol–water partition coefficient (Wildman–Crippen LogP) is 1.02. The summed E-state index contributed by atoms with van der Waals surface area (Å²) in [6, 6.07) is 0.762. The molecule has 0 aromatic carbocycles. The van der Waals surface area contributed by atoms with Crippen molar-refractivity contribution in [3.8, 4) is 0 Å². The number of hydrogen-bond donors (Lipinski definition) is 0. The van der Waals surface area contributed by atoms with Crippen molar-refractivity contribution in [1.82, 2.24) is 0 Å². The number of hydrogen-bond acceptors (Lipinski definition) is 5. The van der Waals surface area contributed by atoms with E-state index < -0.39 is 8.80 Å². The zero-order valence-corrected chi connectivity index (χ0v) is 10.8. The van der Waals surface area contributed by atoms with E-state index in [0.29, 0.717) is 6.61 Å². The van der Waals surface area contributed by atoms with Crippen molar-refractivity contribution in [2.24, 2.45) is 0 Å². The van der Waals surface area contributed by atoms with Crippen LogP contribution in [0.1, 0.15) is 13.3 Å². The van der Waals surface area contributed by atoms with E-state index >= 15 is 0 Å².